The first kappa shape index (κ1) is 22.6. The minimum absolute atomic E-state index is 0.418. The van der Waals surface area contributed by atoms with E-state index in [4.69, 9.17) is 11.5 Å². The predicted octanol–water partition coefficient (Wildman–Crippen LogP) is 1.70. The molecule has 2 aromatic rings. The van der Waals surface area contributed by atoms with Crippen LogP contribution < -0.4 is 22.1 Å². The van der Waals surface area contributed by atoms with Gasteiger partial charge in [0.15, 0.2) is 0 Å². The summed E-state index contributed by atoms with van der Waals surface area (Å²) < 4.78 is 0. The van der Waals surface area contributed by atoms with Crippen molar-refractivity contribution >= 4 is 35.0 Å². The number of nitrogens with two attached hydrogens (primary N) is 2. The molecule has 0 radical (unpaired) electrons. The van der Waals surface area contributed by atoms with Crippen LogP contribution in [0.15, 0.2) is 36.4 Å². The van der Waals surface area contributed by atoms with Crippen LogP contribution in [0.25, 0.3) is 0 Å². The normalized spacial score (nSPS) is 12.5. The standard InChI is InChI=1S/C22H26N4O4/c1-11-5-12(2)8-15(7-11)25-21(29)17(19(23)27)18(20(24)28)22(30)26-16-9-13(3)6-14(4)10-16/h5-10,17-18H,1-4H3,(H2,23,27)(H2,24,28)(H,25,29)(H,26,30). The van der Waals surface area contributed by atoms with Crippen LogP contribution in [0.2, 0.25) is 0 Å². The zero-order chi connectivity index (χ0) is 22.6. The lowest BCUT2D eigenvalue weighted by molar-refractivity contribution is -0.143. The maximum atomic E-state index is 12.8. The minimum atomic E-state index is -1.77. The van der Waals surface area contributed by atoms with Crippen LogP contribution in [0.5, 0.6) is 0 Å². The molecular weight excluding hydrogens is 384 g/mol. The molecule has 4 amide bonds. The lowest BCUT2D eigenvalue weighted by Crippen LogP contribution is -2.49. The van der Waals surface area contributed by atoms with Crippen LogP contribution in [-0.4, -0.2) is 23.6 Å². The first-order chi connectivity index (χ1) is 14.0. The average Bonchev–Trinajstić information content (AvgIpc) is 2.56. The van der Waals surface area contributed by atoms with Gasteiger partial charge in [-0.15, -0.1) is 0 Å². The van der Waals surface area contributed by atoms with E-state index in [1.165, 1.54) is 0 Å². The summed E-state index contributed by atoms with van der Waals surface area (Å²) in [5.41, 5.74) is 15.2. The Balaban J connectivity index is 2.32. The fourth-order valence-corrected chi connectivity index (χ4v) is 3.42. The first-order valence-corrected chi connectivity index (χ1v) is 9.35. The van der Waals surface area contributed by atoms with Gasteiger partial charge in [0, 0.05) is 11.4 Å². The monoisotopic (exact) mass is 410 g/mol. The Morgan fingerprint density at radius 2 is 0.867 bits per heavy atom. The molecule has 0 bridgehead atoms. The number of hydrogen-bond acceptors (Lipinski definition) is 4. The van der Waals surface area contributed by atoms with Gasteiger partial charge in [-0.2, -0.15) is 0 Å². The lowest BCUT2D eigenvalue weighted by atomic mass is 9.88. The van der Waals surface area contributed by atoms with Gasteiger partial charge in [0.2, 0.25) is 23.6 Å². The number of hydrogen-bond donors (Lipinski definition) is 4. The van der Waals surface area contributed by atoms with Gasteiger partial charge < -0.3 is 22.1 Å². The molecular formula is C22H26N4O4. The molecule has 30 heavy (non-hydrogen) atoms. The fraction of sp³-hybridized carbons (Fsp3) is 0.273. The molecule has 8 heteroatoms. The van der Waals surface area contributed by atoms with Crippen molar-refractivity contribution in [2.75, 3.05) is 10.6 Å². The summed E-state index contributed by atoms with van der Waals surface area (Å²) in [4.78, 5) is 49.7. The maximum Gasteiger partial charge on any atom is 0.238 e. The second kappa shape index (κ2) is 9.21. The van der Waals surface area contributed by atoms with Crippen molar-refractivity contribution in [2.45, 2.75) is 27.7 Å². The lowest BCUT2D eigenvalue weighted by Gasteiger charge is -2.21. The van der Waals surface area contributed by atoms with Crippen LogP contribution in [0.3, 0.4) is 0 Å². The largest absolute Gasteiger partial charge is 0.369 e. The Labute approximate surface area is 175 Å². The van der Waals surface area contributed by atoms with E-state index in [0.717, 1.165) is 22.3 Å². The van der Waals surface area contributed by atoms with Gasteiger partial charge in [-0.05, 0) is 74.2 Å². The first-order valence-electron chi connectivity index (χ1n) is 9.35. The highest BCUT2D eigenvalue weighted by Crippen LogP contribution is 2.21. The van der Waals surface area contributed by atoms with Crippen molar-refractivity contribution in [3.63, 3.8) is 0 Å². The van der Waals surface area contributed by atoms with Crippen LogP contribution in [-0.2, 0) is 19.2 Å². The number of amides is 4. The summed E-state index contributed by atoms with van der Waals surface area (Å²) >= 11 is 0. The van der Waals surface area contributed by atoms with E-state index in [1.54, 1.807) is 24.3 Å². The second-order valence-electron chi connectivity index (χ2n) is 7.49. The molecule has 2 rings (SSSR count). The highest BCUT2D eigenvalue weighted by Gasteiger charge is 2.42. The molecule has 0 heterocycles. The molecule has 0 aliphatic carbocycles. The van der Waals surface area contributed by atoms with Crippen molar-refractivity contribution < 1.29 is 19.2 Å². The summed E-state index contributed by atoms with van der Waals surface area (Å²) in [6.45, 7) is 7.38. The Morgan fingerprint density at radius 3 is 1.10 bits per heavy atom. The van der Waals surface area contributed by atoms with Crippen LogP contribution in [0.4, 0.5) is 11.4 Å². The molecule has 0 fully saturated rings. The van der Waals surface area contributed by atoms with Crippen LogP contribution >= 0.6 is 0 Å². The molecule has 158 valence electrons. The SMILES string of the molecule is Cc1cc(C)cc(NC(=O)C(C(N)=O)C(C(N)=O)C(=O)Nc2cc(C)cc(C)c2)c1. The molecule has 8 nitrogen and oxygen atoms in total. The highest BCUT2D eigenvalue weighted by atomic mass is 16.2. The van der Waals surface area contributed by atoms with E-state index in [9.17, 15) is 19.2 Å². The molecule has 2 aromatic carbocycles. The number of carbonyl (C=O) groups is 4. The number of rotatable bonds is 7. The predicted molar refractivity (Wildman–Crippen MR) is 114 cm³/mol. The summed E-state index contributed by atoms with van der Waals surface area (Å²) in [7, 11) is 0. The van der Waals surface area contributed by atoms with E-state index in [1.807, 2.05) is 39.8 Å². The number of nitrogens with one attached hydrogen (secondary N) is 2. The van der Waals surface area contributed by atoms with E-state index in [2.05, 4.69) is 10.6 Å². The molecule has 2 atom stereocenters. The van der Waals surface area contributed by atoms with Gasteiger partial charge in [0.25, 0.3) is 0 Å². The van der Waals surface area contributed by atoms with E-state index in [0.29, 0.717) is 11.4 Å². The Morgan fingerprint density at radius 1 is 0.600 bits per heavy atom. The Bertz CT molecular complexity index is 894. The zero-order valence-corrected chi connectivity index (χ0v) is 17.4. The van der Waals surface area contributed by atoms with Gasteiger partial charge in [-0.3, -0.25) is 19.2 Å². The molecule has 6 N–H and O–H groups in total. The smallest absolute Gasteiger partial charge is 0.238 e. The molecule has 0 saturated carbocycles. The van der Waals surface area contributed by atoms with Gasteiger partial charge >= 0.3 is 0 Å². The summed E-state index contributed by atoms with van der Waals surface area (Å²) in [6.07, 6.45) is 0. The van der Waals surface area contributed by atoms with Gasteiger partial charge in [0.1, 0.15) is 11.8 Å². The molecule has 0 saturated heterocycles. The third-order valence-electron chi connectivity index (χ3n) is 4.49. The molecule has 0 aliphatic rings. The van der Waals surface area contributed by atoms with E-state index < -0.39 is 35.5 Å². The third-order valence-corrected chi connectivity index (χ3v) is 4.49. The molecule has 2 unspecified atom stereocenters. The minimum Gasteiger partial charge on any atom is -0.369 e. The van der Waals surface area contributed by atoms with E-state index in [-0.39, 0.29) is 0 Å². The number of benzene rings is 2. The van der Waals surface area contributed by atoms with Gasteiger partial charge in [-0.25, -0.2) is 0 Å². The summed E-state index contributed by atoms with van der Waals surface area (Å²) in [5, 5.41) is 5.10. The average molecular weight is 410 g/mol. The topological polar surface area (TPSA) is 144 Å². The Hall–Kier alpha value is -3.68. The van der Waals surface area contributed by atoms with Gasteiger partial charge in [0.05, 0.1) is 0 Å². The maximum absolute atomic E-state index is 12.8. The zero-order valence-electron chi connectivity index (χ0n) is 17.4. The van der Waals surface area contributed by atoms with Crippen molar-refractivity contribution in [1.82, 2.24) is 0 Å². The number of aryl methyl sites for hydroxylation is 4. The van der Waals surface area contributed by atoms with Crippen molar-refractivity contribution in [2.24, 2.45) is 23.3 Å². The number of carbonyl (C=O) groups excluding carboxylic acids is 4. The summed E-state index contributed by atoms with van der Waals surface area (Å²) in [6, 6.07) is 10.6. The quantitative estimate of drug-likeness (QED) is 0.515. The van der Waals surface area contributed by atoms with Gasteiger partial charge in [-0.1, -0.05) is 12.1 Å². The number of primary amides is 2. The van der Waals surface area contributed by atoms with Crippen molar-refractivity contribution in [1.29, 1.82) is 0 Å². The van der Waals surface area contributed by atoms with Crippen LogP contribution in [0, 0.1) is 39.5 Å². The molecule has 0 aromatic heterocycles. The highest BCUT2D eigenvalue weighted by molar-refractivity contribution is 6.17. The Kier molecular flexibility index (Phi) is 6.94. The van der Waals surface area contributed by atoms with Crippen LogP contribution in [0.1, 0.15) is 22.3 Å². The molecule has 0 aliphatic heterocycles. The van der Waals surface area contributed by atoms with Crippen molar-refractivity contribution in [3.8, 4) is 0 Å². The molecule has 0 spiro atoms. The number of anilines is 2. The third kappa shape index (κ3) is 5.66. The summed E-state index contributed by atoms with van der Waals surface area (Å²) in [5.74, 6) is -7.56. The van der Waals surface area contributed by atoms with E-state index >= 15 is 0 Å². The van der Waals surface area contributed by atoms with Crippen molar-refractivity contribution in [3.05, 3.63) is 58.7 Å². The fourth-order valence-electron chi connectivity index (χ4n) is 3.42. The second-order valence-corrected chi connectivity index (χ2v) is 7.49.